The molecule has 4 rings (SSSR count). The summed E-state index contributed by atoms with van der Waals surface area (Å²) >= 11 is 12.7. The first kappa shape index (κ1) is 17.6. The molecule has 2 aromatic rings. The van der Waals surface area contributed by atoms with Gasteiger partial charge in [0.05, 0.1) is 41.1 Å². The van der Waals surface area contributed by atoms with Gasteiger partial charge in [-0.15, -0.1) is 0 Å². The fourth-order valence-corrected chi connectivity index (χ4v) is 3.90. The molecule has 1 fully saturated rings. The number of carbonyl (C=O) groups is 1. The van der Waals surface area contributed by atoms with Crippen molar-refractivity contribution in [2.75, 3.05) is 31.3 Å². The molecule has 0 aliphatic carbocycles. The third kappa shape index (κ3) is 2.67. The van der Waals surface area contributed by atoms with Crippen LogP contribution in [-0.4, -0.2) is 32.3 Å². The molecule has 1 spiro atoms. The summed E-state index contributed by atoms with van der Waals surface area (Å²) in [5.41, 5.74) is 2.03. The Bertz CT molecular complexity index is 865. The van der Waals surface area contributed by atoms with Crippen molar-refractivity contribution in [3.05, 3.63) is 57.6 Å². The van der Waals surface area contributed by atoms with Crippen LogP contribution in [0.5, 0.6) is 5.75 Å². The van der Waals surface area contributed by atoms with Crippen LogP contribution in [0.15, 0.2) is 36.4 Å². The predicted octanol–water partition coefficient (Wildman–Crippen LogP) is 3.93. The zero-order chi connectivity index (χ0) is 18.3. The summed E-state index contributed by atoms with van der Waals surface area (Å²) in [6, 6.07) is 11.0. The molecule has 26 heavy (non-hydrogen) atoms. The van der Waals surface area contributed by atoms with Crippen molar-refractivity contribution in [2.45, 2.75) is 12.7 Å². The molecule has 0 saturated carbocycles. The van der Waals surface area contributed by atoms with E-state index in [2.05, 4.69) is 0 Å². The van der Waals surface area contributed by atoms with Gasteiger partial charge in [0.15, 0.2) is 0 Å². The van der Waals surface area contributed by atoms with Crippen LogP contribution >= 0.6 is 23.2 Å². The van der Waals surface area contributed by atoms with E-state index in [4.69, 9.17) is 37.4 Å². The minimum atomic E-state index is -1.50. The van der Waals surface area contributed by atoms with Gasteiger partial charge in [-0.05, 0) is 30.7 Å². The maximum Gasteiger partial charge on any atom is 0.292 e. The molecule has 0 N–H and O–H groups in total. The van der Waals surface area contributed by atoms with Gasteiger partial charge >= 0.3 is 0 Å². The van der Waals surface area contributed by atoms with Crippen molar-refractivity contribution in [1.29, 1.82) is 0 Å². The highest BCUT2D eigenvalue weighted by atomic mass is 35.5. The third-order valence-electron chi connectivity index (χ3n) is 4.56. The number of hydrogen-bond donors (Lipinski definition) is 0. The lowest BCUT2D eigenvalue weighted by atomic mass is 10.1. The zero-order valence-electron chi connectivity index (χ0n) is 14.1. The maximum atomic E-state index is 13.1. The molecule has 2 aliphatic heterocycles. The van der Waals surface area contributed by atoms with Crippen LogP contribution in [0.1, 0.15) is 11.1 Å². The van der Waals surface area contributed by atoms with E-state index in [1.807, 2.05) is 31.2 Å². The van der Waals surface area contributed by atoms with E-state index >= 15 is 0 Å². The van der Waals surface area contributed by atoms with Crippen molar-refractivity contribution < 1.29 is 19.0 Å². The molecular weight excluding hydrogens is 377 g/mol. The lowest BCUT2D eigenvalue weighted by Gasteiger charge is -2.22. The first-order chi connectivity index (χ1) is 12.5. The molecule has 0 bridgehead atoms. The number of ether oxygens (including phenoxy) is 3. The normalized spacial score (nSPS) is 17.8. The second-order valence-corrected chi connectivity index (χ2v) is 6.95. The van der Waals surface area contributed by atoms with Crippen LogP contribution in [0.25, 0.3) is 0 Å². The Balaban J connectivity index is 1.62. The highest BCUT2D eigenvalue weighted by molar-refractivity contribution is 6.38. The molecule has 0 aromatic heterocycles. The second kappa shape index (κ2) is 6.74. The number of amides is 1. The number of benzene rings is 2. The summed E-state index contributed by atoms with van der Waals surface area (Å²) < 4.78 is 17.2. The maximum absolute atomic E-state index is 13.1. The quantitative estimate of drug-likeness (QED) is 0.789. The van der Waals surface area contributed by atoms with Gasteiger partial charge in [0.25, 0.3) is 11.7 Å². The largest absolute Gasteiger partial charge is 0.491 e. The summed E-state index contributed by atoms with van der Waals surface area (Å²) in [4.78, 5) is 14.6. The molecule has 0 radical (unpaired) electrons. The zero-order valence-corrected chi connectivity index (χ0v) is 15.6. The van der Waals surface area contributed by atoms with E-state index in [-0.39, 0.29) is 5.91 Å². The Labute approximate surface area is 161 Å². The first-order valence-electron chi connectivity index (χ1n) is 8.31. The summed E-state index contributed by atoms with van der Waals surface area (Å²) in [5.74, 6) is -1.05. The number of nitrogens with zero attached hydrogens (tertiary/aromatic N) is 1. The highest BCUT2D eigenvalue weighted by Gasteiger charge is 2.57. The molecule has 7 heteroatoms. The number of rotatable bonds is 4. The molecule has 0 unspecified atom stereocenters. The second-order valence-electron chi connectivity index (χ2n) is 6.14. The van der Waals surface area contributed by atoms with Gasteiger partial charge in [0.1, 0.15) is 12.4 Å². The predicted molar refractivity (Wildman–Crippen MR) is 99.1 cm³/mol. The molecule has 136 valence electrons. The van der Waals surface area contributed by atoms with Gasteiger partial charge in [-0.2, -0.15) is 0 Å². The molecule has 1 amide bonds. The number of hydrogen-bond acceptors (Lipinski definition) is 4. The minimum absolute atomic E-state index is 0.300. The highest BCUT2D eigenvalue weighted by Crippen LogP contribution is 2.51. The first-order valence-corrected chi connectivity index (χ1v) is 9.07. The van der Waals surface area contributed by atoms with Gasteiger partial charge in [-0.1, -0.05) is 41.4 Å². The van der Waals surface area contributed by atoms with E-state index in [9.17, 15) is 4.79 Å². The van der Waals surface area contributed by atoms with Crippen LogP contribution in [0.3, 0.4) is 0 Å². The summed E-state index contributed by atoms with van der Waals surface area (Å²) in [6.45, 7) is 3.21. The molecule has 0 atom stereocenters. The fourth-order valence-electron chi connectivity index (χ4n) is 3.36. The lowest BCUT2D eigenvalue weighted by Crippen LogP contribution is -2.42. The Morgan fingerprint density at radius 3 is 2.54 bits per heavy atom. The van der Waals surface area contributed by atoms with Gasteiger partial charge in [0, 0.05) is 0 Å². The smallest absolute Gasteiger partial charge is 0.292 e. The van der Waals surface area contributed by atoms with E-state index in [0.29, 0.717) is 47.7 Å². The Morgan fingerprint density at radius 2 is 1.81 bits per heavy atom. The topological polar surface area (TPSA) is 48.0 Å². The van der Waals surface area contributed by atoms with Crippen LogP contribution in [0.2, 0.25) is 10.0 Å². The number of anilines is 1. The SMILES string of the molecule is Cc1ccccc1OCCN1C(=O)C2(OCCO2)c2c(Cl)ccc(Cl)c21. The van der Waals surface area contributed by atoms with Crippen molar-refractivity contribution >= 4 is 34.8 Å². The minimum Gasteiger partial charge on any atom is -0.491 e. The van der Waals surface area contributed by atoms with Crippen LogP contribution in [-0.2, 0) is 20.1 Å². The standard InChI is InChI=1S/C19H17Cl2NO4/c1-12-4-2-3-5-15(12)24-9-8-22-17-14(21)7-6-13(20)16(17)19(18(22)23)25-10-11-26-19/h2-7H,8-11H2,1H3. The lowest BCUT2D eigenvalue weighted by molar-refractivity contribution is -0.180. The van der Waals surface area contributed by atoms with Crippen LogP contribution in [0, 0.1) is 6.92 Å². The van der Waals surface area contributed by atoms with E-state index in [0.717, 1.165) is 11.3 Å². The average molecular weight is 394 g/mol. The Morgan fingerprint density at radius 1 is 1.12 bits per heavy atom. The molecular formula is C19H17Cl2NO4. The number of fused-ring (bicyclic) bond motifs is 2. The molecule has 2 aliphatic rings. The Hall–Kier alpha value is -1.79. The Kier molecular flexibility index (Phi) is 4.57. The van der Waals surface area contributed by atoms with Gasteiger partial charge in [0.2, 0.25) is 0 Å². The van der Waals surface area contributed by atoms with Crippen molar-refractivity contribution in [1.82, 2.24) is 0 Å². The summed E-state index contributed by atoms with van der Waals surface area (Å²) in [7, 11) is 0. The summed E-state index contributed by atoms with van der Waals surface area (Å²) in [5, 5.41) is 0.812. The van der Waals surface area contributed by atoms with Crippen LogP contribution < -0.4 is 9.64 Å². The van der Waals surface area contributed by atoms with E-state index in [1.54, 1.807) is 12.1 Å². The molecule has 1 saturated heterocycles. The van der Waals surface area contributed by atoms with E-state index in [1.165, 1.54) is 4.90 Å². The van der Waals surface area contributed by atoms with Crippen LogP contribution in [0.4, 0.5) is 5.69 Å². The van der Waals surface area contributed by atoms with Gasteiger partial charge < -0.3 is 19.1 Å². The average Bonchev–Trinajstić information content (AvgIpc) is 3.20. The molecule has 2 aromatic carbocycles. The monoisotopic (exact) mass is 393 g/mol. The van der Waals surface area contributed by atoms with Crippen molar-refractivity contribution in [3.63, 3.8) is 0 Å². The summed E-state index contributed by atoms with van der Waals surface area (Å²) in [6.07, 6.45) is 0. The number of para-hydroxylation sites is 1. The van der Waals surface area contributed by atoms with Crippen molar-refractivity contribution in [2.24, 2.45) is 0 Å². The fraction of sp³-hybridized carbons (Fsp3) is 0.316. The number of aryl methyl sites for hydroxylation is 1. The third-order valence-corrected chi connectivity index (χ3v) is 5.18. The molecule has 2 heterocycles. The van der Waals surface area contributed by atoms with Crippen molar-refractivity contribution in [3.8, 4) is 5.75 Å². The number of halogens is 2. The molecule has 5 nitrogen and oxygen atoms in total. The number of carbonyl (C=O) groups excluding carboxylic acids is 1. The van der Waals surface area contributed by atoms with Gasteiger partial charge in [-0.3, -0.25) is 4.79 Å². The van der Waals surface area contributed by atoms with Gasteiger partial charge in [-0.25, -0.2) is 0 Å². The van der Waals surface area contributed by atoms with E-state index < -0.39 is 5.79 Å².